The summed E-state index contributed by atoms with van der Waals surface area (Å²) < 4.78 is 2.05. The molecule has 2 rings (SSSR count). The zero-order chi connectivity index (χ0) is 13.1. The van der Waals surface area contributed by atoms with Crippen LogP contribution < -0.4 is 10.6 Å². The Labute approximate surface area is 110 Å². The smallest absolute Gasteiger partial charge is 0.130 e. The molecule has 1 aromatic heterocycles. The van der Waals surface area contributed by atoms with Gasteiger partial charge in [0.05, 0.1) is 5.69 Å². The minimum absolute atomic E-state index is 0.671. The van der Waals surface area contributed by atoms with Gasteiger partial charge in [-0.2, -0.15) is 5.10 Å². The summed E-state index contributed by atoms with van der Waals surface area (Å²) in [7, 11) is 2.06. The Hall–Kier alpha value is -1.03. The summed E-state index contributed by atoms with van der Waals surface area (Å²) in [5, 5.41) is 4.59. The predicted molar refractivity (Wildman–Crippen MR) is 76.0 cm³/mol. The first kappa shape index (κ1) is 13.4. The van der Waals surface area contributed by atoms with Gasteiger partial charge in [-0.15, -0.1) is 0 Å². The normalized spacial score (nSPS) is 20.4. The molecule has 4 heteroatoms. The second kappa shape index (κ2) is 5.74. The maximum absolute atomic E-state index is 5.75. The van der Waals surface area contributed by atoms with Crippen LogP contribution >= 0.6 is 0 Å². The fourth-order valence-corrected chi connectivity index (χ4v) is 3.19. The van der Waals surface area contributed by atoms with Crippen molar-refractivity contribution in [1.82, 2.24) is 9.78 Å². The third-order valence-corrected chi connectivity index (χ3v) is 4.08. The second-order valence-corrected chi connectivity index (χ2v) is 5.30. The molecule has 4 nitrogen and oxygen atoms in total. The summed E-state index contributed by atoms with van der Waals surface area (Å²) in [6.45, 7) is 6.24. The van der Waals surface area contributed by atoms with E-state index in [9.17, 15) is 0 Å². The lowest BCUT2D eigenvalue weighted by Crippen LogP contribution is -2.40. The van der Waals surface area contributed by atoms with Crippen LogP contribution in [0.25, 0.3) is 0 Å². The summed E-state index contributed by atoms with van der Waals surface area (Å²) in [5.74, 6) is 1.31. The van der Waals surface area contributed by atoms with E-state index in [0.717, 1.165) is 18.7 Å². The molecule has 0 aromatic carbocycles. The second-order valence-electron chi connectivity index (χ2n) is 5.30. The number of hydrogen-bond donors (Lipinski definition) is 1. The van der Waals surface area contributed by atoms with Crippen LogP contribution in [0.15, 0.2) is 0 Å². The van der Waals surface area contributed by atoms with Gasteiger partial charge >= 0.3 is 0 Å². The van der Waals surface area contributed by atoms with Crippen molar-refractivity contribution in [3.63, 3.8) is 0 Å². The van der Waals surface area contributed by atoms with E-state index in [-0.39, 0.29) is 0 Å². The summed E-state index contributed by atoms with van der Waals surface area (Å²) in [5.41, 5.74) is 8.23. The number of nitrogens with two attached hydrogens (primary N) is 1. The third-order valence-electron chi connectivity index (χ3n) is 4.08. The molecule has 0 aliphatic carbocycles. The van der Waals surface area contributed by atoms with Crippen molar-refractivity contribution in [3.8, 4) is 0 Å². The Morgan fingerprint density at radius 1 is 1.39 bits per heavy atom. The molecule has 1 unspecified atom stereocenters. The fraction of sp³-hybridized carbons (Fsp3) is 0.786. The van der Waals surface area contributed by atoms with Crippen molar-refractivity contribution in [2.24, 2.45) is 12.8 Å². The van der Waals surface area contributed by atoms with Gasteiger partial charge in [0.2, 0.25) is 0 Å². The van der Waals surface area contributed by atoms with Gasteiger partial charge in [-0.1, -0.05) is 6.92 Å². The van der Waals surface area contributed by atoms with Gasteiger partial charge in [0.15, 0.2) is 0 Å². The average molecular weight is 250 g/mol. The Morgan fingerprint density at radius 3 is 2.83 bits per heavy atom. The summed E-state index contributed by atoms with van der Waals surface area (Å²) in [4.78, 5) is 2.56. The molecule has 1 aliphatic heterocycles. The van der Waals surface area contributed by atoms with E-state index in [1.807, 2.05) is 4.68 Å². The number of piperidine rings is 1. The van der Waals surface area contributed by atoms with Crippen LogP contribution in [0.2, 0.25) is 0 Å². The number of hydrogen-bond acceptors (Lipinski definition) is 3. The van der Waals surface area contributed by atoms with Crippen molar-refractivity contribution in [2.75, 3.05) is 18.0 Å². The molecule has 18 heavy (non-hydrogen) atoms. The lowest BCUT2D eigenvalue weighted by atomic mass is 9.99. The number of aromatic nitrogens is 2. The standard InChI is InChI=1S/C14H26N4/c1-4-12-7-5-6-10-18(12)14-13(8-9-15)11(2)16-17(14)3/h12H,4-10,15H2,1-3H3. The Morgan fingerprint density at radius 2 is 2.17 bits per heavy atom. The molecular formula is C14H26N4. The molecule has 0 radical (unpaired) electrons. The zero-order valence-electron chi connectivity index (χ0n) is 11.9. The van der Waals surface area contributed by atoms with Crippen molar-refractivity contribution in [2.45, 2.75) is 52.0 Å². The minimum atomic E-state index is 0.671. The number of aryl methyl sites for hydroxylation is 2. The summed E-state index contributed by atoms with van der Waals surface area (Å²) >= 11 is 0. The number of nitrogens with zero attached hydrogens (tertiary/aromatic N) is 3. The first-order valence-corrected chi connectivity index (χ1v) is 7.18. The highest BCUT2D eigenvalue weighted by Gasteiger charge is 2.26. The number of anilines is 1. The van der Waals surface area contributed by atoms with Gasteiger partial charge in [-0.05, 0) is 45.6 Å². The van der Waals surface area contributed by atoms with Crippen LogP contribution in [0, 0.1) is 6.92 Å². The van der Waals surface area contributed by atoms with E-state index in [1.54, 1.807) is 0 Å². The van der Waals surface area contributed by atoms with Crippen molar-refractivity contribution < 1.29 is 0 Å². The molecule has 0 saturated carbocycles. The highest BCUT2D eigenvalue weighted by Crippen LogP contribution is 2.30. The Balaban J connectivity index is 2.35. The Bertz CT molecular complexity index is 397. The van der Waals surface area contributed by atoms with E-state index < -0.39 is 0 Å². The maximum Gasteiger partial charge on any atom is 0.130 e. The largest absolute Gasteiger partial charge is 0.354 e. The Kier molecular flexibility index (Phi) is 4.27. The molecule has 1 atom stereocenters. The average Bonchev–Trinajstić information content (AvgIpc) is 2.65. The van der Waals surface area contributed by atoms with Crippen LogP contribution in [0.4, 0.5) is 5.82 Å². The summed E-state index contributed by atoms with van der Waals surface area (Å²) in [6.07, 6.45) is 6.11. The molecule has 1 aliphatic rings. The van der Waals surface area contributed by atoms with Gasteiger partial charge in [0, 0.05) is 25.2 Å². The van der Waals surface area contributed by atoms with Gasteiger partial charge in [-0.3, -0.25) is 4.68 Å². The van der Waals surface area contributed by atoms with Crippen molar-refractivity contribution >= 4 is 5.82 Å². The summed E-state index contributed by atoms with van der Waals surface area (Å²) in [6, 6.07) is 0.671. The molecule has 1 fully saturated rings. The topological polar surface area (TPSA) is 47.1 Å². The highest BCUT2D eigenvalue weighted by atomic mass is 15.4. The lowest BCUT2D eigenvalue weighted by Gasteiger charge is -2.37. The molecule has 1 aromatic rings. The van der Waals surface area contributed by atoms with Crippen LogP contribution in [0.1, 0.15) is 43.9 Å². The van der Waals surface area contributed by atoms with E-state index in [2.05, 4.69) is 30.9 Å². The fourth-order valence-electron chi connectivity index (χ4n) is 3.19. The van der Waals surface area contributed by atoms with Crippen LogP contribution in [-0.4, -0.2) is 28.9 Å². The first-order chi connectivity index (χ1) is 8.69. The van der Waals surface area contributed by atoms with Crippen LogP contribution in [-0.2, 0) is 13.5 Å². The van der Waals surface area contributed by atoms with Crippen LogP contribution in [0.5, 0.6) is 0 Å². The molecule has 0 bridgehead atoms. The molecule has 2 heterocycles. The maximum atomic E-state index is 5.75. The van der Waals surface area contributed by atoms with E-state index in [4.69, 9.17) is 5.73 Å². The first-order valence-electron chi connectivity index (χ1n) is 7.18. The van der Waals surface area contributed by atoms with E-state index in [1.165, 1.54) is 37.1 Å². The predicted octanol–water partition coefficient (Wildman–Crippen LogP) is 2.00. The minimum Gasteiger partial charge on any atom is -0.354 e. The molecule has 0 amide bonds. The lowest BCUT2D eigenvalue weighted by molar-refractivity contribution is 0.440. The quantitative estimate of drug-likeness (QED) is 0.889. The number of rotatable bonds is 4. The molecular weight excluding hydrogens is 224 g/mol. The van der Waals surface area contributed by atoms with Gasteiger partial charge in [0.1, 0.15) is 5.82 Å². The molecule has 102 valence electrons. The third kappa shape index (κ3) is 2.39. The molecule has 1 saturated heterocycles. The molecule has 0 spiro atoms. The zero-order valence-corrected chi connectivity index (χ0v) is 11.9. The van der Waals surface area contributed by atoms with Gasteiger partial charge in [0.25, 0.3) is 0 Å². The SMILES string of the molecule is CCC1CCCCN1c1c(CCN)c(C)nn1C. The highest BCUT2D eigenvalue weighted by molar-refractivity contribution is 5.51. The van der Waals surface area contributed by atoms with Crippen molar-refractivity contribution in [1.29, 1.82) is 0 Å². The van der Waals surface area contributed by atoms with Gasteiger partial charge < -0.3 is 10.6 Å². The van der Waals surface area contributed by atoms with E-state index >= 15 is 0 Å². The van der Waals surface area contributed by atoms with E-state index in [0.29, 0.717) is 12.6 Å². The van der Waals surface area contributed by atoms with Crippen molar-refractivity contribution in [3.05, 3.63) is 11.3 Å². The van der Waals surface area contributed by atoms with Crippen LogP contribution in [0.3, 0.4) is 0 Å². The molecule has 2 N–H and O–H groups in total. The van der Waals surface area contributed by atoms with Gasteiger partial charge in [-0.25, -0.2) is 0 Å². The monoisotopic (exact) mass is 250 g/mol.